The molecule has 0 aliphatic rings. The monoisotopic (exact) mass is 267 g/mol. The van der Waals surface area contributed by atoms with Crippen molar-refractivity contribution < 1.29 is 23.1 Å². The lowest BCUT2D eigenvalue weighted by molar-refractivity contribution is -0.192. The normalized spacial score (nSPS) is 15.5. The van der Waals surface area contributed by atoms with Crippen LogP contribution in [0.4, 0.5) is 13.2 Å². The van der Waals surface area contributed by atoms with Gasteiger partial charge in [-0.25, -0.2) is 0 Å². The molecule has 1 aromatic rings. The van der Waals surface area contributed by atoms with Gasteiger partial charge >= 0.3 is 12.1 Å². The smallest absolute Gasteiger partial charge is 0.403 e. The number of rotatable bonds is 5. The van der Waals surface area contributed by atoms with Crippen molar-refractivity contribution in [3.05, 3.63) is 22.4 Å². The minimum Gasteiger partial charge on any atom is -0.481 e. The second-order valence-electron chi connectivity index (χ2n) is 3.58. The molecule has 0 fully saturated rings. The molecule has 0 saturated carbocycles. The Morgan fingerprint density at radius 3 is 2.65 bits per heavy atom. The fraction of sp³-hybridized carbons (Fsp3) is 0.500. The van der Waals surface area contributed by atoms with Crippen LogP contribution in [0.2, 0.25) is 0 Å². The molecule has 96 valence electrons. The van der Waals surface area contributed by atoms with E-state index in [4.69, 9.17) is 5.11 Å². The number of halogens is 3. The Kier molecular flexibility index (Phi) is 4.53. The molecule has 0 radical (unpaired) electrons. The molecule has 0 aromatic carbocycles. The third-order valence-electron chi connectivity index (χ3n) is 2.29. The summed E-state index contributed by atoms with van der Waals surface area (Å²) in [6, 6.07) is 3.28. The van der Waals surface area contributed by atoms with Gasteiger partial charge in [0.25, 0.3) is 0 Å². The average Bonchev–Trinajstić information content (AvgIpc) is 2.67. The number of carboxylic acid groups (broad SMARTS) is 1. The number of alkyl halides is 3. The zero-order chi connectivity index (χ0) is 13.1. The van der Waals surface area contributed by atoms with Crippen LogP contribution in [0.25, 0.3) is 0 Å². The molecule has 1 aromatic heterocycles. The van der Waals surface area contributed by atoms with E-state index in [-0.39, 0.29) is 6.04 Å². The number of thiophene rings is 1. The zero-order valence-electron chi connectivity index (χ0n) is 8.99. The number of carbonyl (C=O) groups is 1. The van der Waals surface area contributed by atoms with Gasteiger partial charge in [0, 0.05) is 17.5 Å². The highest BCUT2D eigenvalue weighted by atomic mass is 32.1. The molecule has 0 aliphatic heterocycles. The van der Waals surface area contributed by atoms with E-state index in [1.807, 2.05) is 5.38 Å². The minimum atomic E-state index is -4.73. The van der Waals surface area contributed by atoms with Gasteiger partial charge in [-0.15, -0.1) is 11.3 Å². The van der Waals surface area contributed by atoms with Crippen molar-refractivity contribution in [2.24, 2.45) is 5.92 Å². The molecule has 2 N–H and O–H groups in total. The van der Waals surface area contributed by atoms with Gasteiger partial charge in [-0.05, 0) is 18.4 Å². The minimum absolute atomic E-state index is 0.292. The summed E-state index contributed by atoms with van der Waals surface area (Å²) in [7, 11) is 0. The third-order valence-corrected chi connectivity index (χ3v) is 3.35. The van der Waals surface area contributed by atoms with Gasteiger partial charge in [0.05, 0.1) is 0 Å². The van der Waals surface area contributed by atoms with Crippen LogP contribution in [0.1, 0.15) is 17.8 Å². The first-order chi connectivity index (χ1) is 7.82. The summed E-state index contributed by atoms with van der Waals surface area (Å²) in [4.78, 5) is 11.4. The molecule has 0 saturated heterocycles. The van der Waals surface area contributed by atoms with Crippen molar-refractivity contribution in [3.63, 3.8) is 0 Å². The maximum atomic E-state index is 12.3. The van der Waals surface area contributed by atoms with Crippen molar-refractivity contribution in [1.29, 1.82) is 0 Å². The van der Waals surface area contributed by atoms with Crippen LogP contribution in [0.3, 0.4) is 0 Å². The van der Waals surface area contributed by atoms with E-state index < -0.39 is 24.6 Å². The van der Waals surface area contributed by atoms with Crippen LogP contribution in [0, 0.1) is 5.92 Å². The maximum Gasteiger partial charge on any atom is 0.403 e. The topological polar surface area (TPSA) is 49.3 Å². The third kappa shape index (κ3) is 4.01. The SMILES string of the molecule is CC(NCC(C(=O)O)C(F)(F)F)c1cccs1. The van der Waals surface area contributed by atoms with Crippen LogP contribution in [-0.2, 0) is 4.79 Å². The van der Waals surface area contributed by atoms with Gasteiger partial charge in [-0.2, -0.15) is 13.2 Å². The molecule has 0 aliphatic carbocycles. The lowest BCUT2D eigenvalue weighted by atomic mass is 10.1. The Morgan fingerprint density at radius 1 is 1.59 bits per heavy atom. The molecule has 3 nitrogen and oxygen atoms in total. The molecule has 0 spiro atoms. The predicted molar refractivity (Wildman–Crippen MR) is 57.9 cm³/mol. The Hall–Kier alpha value is -1.08. The lowest BCUT2D eigenvalue weighted by Crippen LogP contribution is -2.39. The van der Waals surface area contributed by atoms with E-state index in [2.05, 4.69) is 5.32 Å². The maximum absolute atomic E-state index is 12.3. The summed E-state index contributed by atoms with van der Waals surface area (Å²) < 4.78 is 37.0. The van der Waals surface area contributed by atoms with Crippen LogP contribution < -0.4 is 5.32 Å². The molecule has 7 heteroatoms. The lowest BCUT2D eigenvalue weighted by Gasteiger charge is -2.19. The van der Waals surface area contributed by atoms with Crippen molar-refractivity contribution in [3.8, 4) is 0 Å². The van der Waals surface area contributed by atoms with Gasteiger partial charge in [-0.1, -0.05) is 6.07 Å². The number of carboxylic acids is 1. The molecule has 2 unspecified atom stereocenters. The molecule has 0 amide bonds. The van der Waals surface area contributed by atoms with E-state index in [0.29, 0.717) is 0 Å². The Morgan fingerprint density at radius 2 is 2.24 bits per heavy atom. The summed E-state index contributed by atoms with van der Waals surface area (Å²) in [6.07, 6.45) is -4.73. The quantitative estimate of drug-likeness (QED) is 0.862. The first-order valence-corrected chi connectivity index (χ1v) is 5.76. The Bertz CT molecular complexity index is 364. The van der Waals surface area contributed by atoms with E-state index in [0.717, 1.165) is 4.88 Å². The molecular formula is C10H12F3NO2S. The predicted octanol–water partition coefficient (Wildman–Crippen LogP) is 2.66. The first kappa shape index (κ1) is 14.0. The van der Waals surface area contributed by atoms with E-state index in [9.17, 15) is 18.0 Å². The number of hydrogen-bond donors (Lipinski definition) is 2. The Labute approximate surface area is 100 Å². The molecule has 0 bridgehead atoms. The number of aliphatic carboxylic acids is 1. The fourth-order valence-corrected chi connectivity index (χ4v) is 2.03. The van der Waals surface area contributed by atoms with Gasteiger partial charge in [0.2, 0.25) is 0 Å². The second kappa shape index (κ2) is 5.50. The summed E-state index contributed by atoms with van der Waals surface area (Å²) in [5, 5.41) is 12.9. The summed E-state index contributed by atoms with van der Waals surface area (Å²) >= 11 is 1.41. The molecule has 2 atom stereocenters. The number of hydrogen-bond acceptors (Lipinski definition) is 3. The van der Waals surface area contributed by atoms with Crippen LogP contribution in [0.15, 0.2) is 17.5 Å². The molecule has 1 rings (SSSR count). The first-order valence-electron chi connectivity index (χ1n) is 4.88. The Balaban J connectivity index is 2.56. The van der Waals surface area contributed by atoms with Crippen molar-refractivity contribution in [2.45, 2.75) is 19.1 Å². The van der Waals surface area contributed by atoms with E-state index >= 15 is 0 Å². The van der Waals surface area contributed by atoms with Crippen LogP contribution >= 0.6 is 11.3 Å². The van der Waals surface area contributed by atoms with Gasteiger partial charge < -0.3 is 10.4 Å². The molecule has 17 heavy (non-hydrogen) atoms. The summed E-state index contributed by atoms with van der Waals surface area (Å²) in [5.41, 5.74) is 0. The highest BCUT2D eigenvalue weighted by molar-refractivity contribution is 7.10. The van der Waals surface area contributed by atoms with Crippen molar-refractivity contribution in [1.82, 2.24) is 5.32 Å². The molecule has 1 heterocycles. The van der Waals surface area contributed by atoms with Crippen LogP contribution in [-0.4, -0.2) is 23.8 Å². The second-order valence-corrected chi connectivity index (χ2v) is 4.56. The summed E-state index contributed by atoms with van der Waals surface area (Å²) in [5.74, 6) is -4.23. The van der Waals surface area contributed by atoms with E-state index in [1.165, 1.54) is 11.3 Å². The van der Waals surface area contributed by atoms with Gasteiger partial charge in [0.15, 0.2) is 5.92 Å². The highest BCUT2D eigenvalue weighted by Crippen LogP contribution is 2.27. The summed E-state index contributed by atoms with van der Waals surface area (Å²) in [6.45, 7) is 1.07. The standard InChI is InChI=1S/C10H12F3NO2S/c1-6(8-3-2-4-17-8)14-5-7(9(15)16)10(11,12)13/h2-4,6-7,14H,5H2,1H3,(H,15,16). The number of nitrogens with one attached hydrogen (secondary N) is 1. The fourth-order valence-electron chi connectivity index (χ4n) is 1.28. The molecular weight excluding hydrogens is 255 g/mol. The van der Waals surface area contributed by atoms with Crippen molar-refractivity contribution >= 4 is 17.3 Å². The van der Waals surface area contributed by atoms with E-state index in [1.54, 1.807) is 19.1 Å². The zero-order valence-corrected chi connectivity index (χ0v) is 9.81. The average molecular weight is 267 g/mol. The van der Waals surface area contributed by atoms with Crippen LogP contribution in [0.5, 0.6) is 0 Å². The van der Waals surface area contributed by atoms with Gasteiger partial charge in [0.1, 0.15) is 0 Å². The van der Waals surface area contributed by atoms with Crippen molar-refractivity contribution in [2.75, 3.05) is 6.54 Å². The van der Waals surface area contributed by atoms with Gasteiger partial charge in [-0.3, -0.25) is 4.79 Å². The highest BCUT2D eigenvalue weighted by Gasteiger charge is 2.44. The largest absolute Gasteiger partial charge is 0.481 e.